The van der Waals surface area contributed by atoms with Crippen LogP contribution < -0.4 is 4.90 Å². The SMILES string of the molecule is CC1(C)c2ccccc2-c2ccc(N(c3cccc(-c4ccccc4)c3)c3ccc4sc5ccccc5c4c3-c3cc4ccccc4c4ccccc34)cc21. The van der Waals surface area contributed by atoms with Crippen molar-refractivity contribution in [2.45, 2.75) is 19.3 Å². The Morgan fingerprint density at radius 3 is 1.96 bits per heavy atom. The van der Waals surface area contributed by atoms with Crippen LogP contribution in [-0.2, 0) is 5.41 Å². The maximum Gasteiger partial charge on any atom is 0.0547 e. The second-order valence-electron chi connectivity index (χ2n) is 15.3. The molecule has 0 bridgehead atoms. The molecule has 0 aliphatic heterocycles. The van der Waals surface area contributed by atoms with E-state index in [2.05, 4.69) is 207 Å². The van der Waals surface area contributed by atoms with Gasteiger partial charge < -0.3 is 4.90 Å². The molecule has 0 unspecified atom stereocenters. The Balaban J connectivity index is 1.26. The van der Waals surface area contributed by atoms with Crippen molar-refractivity contribution in [3.05, 3.63) is 199 Å². The largest absolute Gasteiger partial charge is 0.310 e. The molecule has 260 valence electrons. The van der Waals surface area contributed by atoms with Crippen LogP contribution in [0.15, 0.2) is 188 Å². The molecule has 0 fully saturated rings. The average Bonchev–Trinajstić information content (AvgIpc) is 3.73. The van der Waals surface area contributed by atoms with Gasteiger partial charge in [0.15, 0.2) is 0 Å². The first-order chi connectivity index (χ1) is 27.0. The van der Waals surface area contributed by atoms with Gasteiger partial charge in [0.2, 0.25) is 0 Å². The zero-order chi connectivity index (χ0) is 36.7. The van der Waals surface area contributed by atoms with Gasteiger partial charge in [-0.1, -0.05) is 153 Å². The maximum absolute atomic E-state index is 2.52. The lowest BCUT2D eigenvalue weighted by Gasteiger charge is -2.31. The van der Waals surface area contributed by atoms with Gasteiger partial charge in [0.1, 0.15) is 0 Å². The Labute approximate surface area is 325 Å². The summed E-state index contributed by atoms with van der Waals surface area (Å²) in [6.45, 7) is 4.75. The van der Waals surface area contributed by atoms with E-state index >= 15 is 0 Å². The summed E-state index contributed by atoms with van der Waals surface area (Å²) in [6.07, 6.45) is 0. The van der Waals surface area contributed by atoms with Gasteiger partial charge in [0.25, 0.3) is 0 Å². The Kier molecular flexibility index (Phi) is 7.14. The van der Waals surface area contributed by atoms with Crippen molar-refractivity contribution in [1.82, 2.24) is 0 Å². The number of thiophene rings is 1. The maximum atomic E-state index is 2.52. The second kappa shape index (κ2) is 12.3. The van der Waals surface area contributed by atoms with E-state index < -0.39 is 0 Å². The lowest BCUT2D eigenvalue weighted by Crippen LogP contribution is -2.17. The zero-order valence-electron chi connectivity index (χ0n) is 30.8. The summed E-state index contributed by atoms with van der Waals surface area (Å²) in [5, 5.41) is 7.64. The molecule has 1 nitrogen and oxygen atoms in total. The third-order valence-electron chi connectivity index (χ3n) is 11.8. The molecule has 1 aromatic heterocycles. The number of hydrogen-bond donors (Lipinski definition) is 0. The first-order valence-electron chi connectivity index (χ1n) is 19.1. The summed E-state index contributed by atoms with van der Waals surface area (Å²) >= 11 is 1.88. The van der Waals surface area contributed by atoms with Gasteiger partial charge in [-0.2, -0.15) is 0 Å². The Morgan fingerprint density at radius 1 is 0.418 bits per heavy atom. The molecule has 11 rings (SSSR count). The third kappa shape index (κ3) is 4.92. The van der Waals surface area contributed by atoms with Gasteiger partial charge in [0.05, 0.1) is 5.69 Å². The van der Waals surface area contributed by atoms with Gasteiger partial charge in [-0.25, -0.2) is 0 Å². The summed E-state index contributed by atoms with van der Waals surface area (Å²) in [5.74, 6) is 0. The molecular weight excluding hydrogens is 683 g/mol. The molecule has 0 radical (unpaired) electrons. The minimum absolute atomic E-state index is 0.135. The van der Waals surface area contributed by atoms with Gasteiger partial charge in [0, 0.05) is 42.5 Å². The van der Waals surface area contributed by atoms with Crippen molar-refractivity contribution in [1.29, 1.82) is 0 Å². The molecule has 2 heteroatoms. The zero-order valence-corrected chi connectivity index (χ0v) is 31.6. The molecular formula is C53H37NS. The number of fused-ring (bicyclic) bond motifs is 9. The van der Waals surface area contributed by atoms with Crippen LogP contribution in [0.5, 0.6) is 0 Å². The van der Waals surface area contributed by atoms with Gasteiger partial charge in [-0.05, 0) is 109 Å². The molecule has 0 spiro atoms. The second-order valence-corrected chi connectivity index (χ2v) is 16.4. The lowest BCUT2D eigenvalue weighted by molar-refractivity contribution is 0.660. The molecule has 0 N–H and O–H groups in total. The monoisotopic (exact) mass is 719 g/mol. The van der Waals surface area contributed by atoms with E-state index in [4.69, 9.17) is 0 Å². The van der Waals surface area contributed by atoms with Crippen molar-refractivity contribution in [3.63, 3.8) is 0 Å². The van der Waals surface area contributed by atoms with Crippen LogP contribution in [0.4, 0.5) is 17.1 Å². The molecule has 0 atom stereocenters. The lowest BCUT2D eigenvalue weighted by atomic mass is 9.82. The number of hydrogen-bond acceptors (Lipinski definition) is 2. The summed E-state index contributed by atoms with van der Waals surface area (Å²) < 4.78 is 2.59. The Hall–Kier alpha value is -6.48. The summed E-state index contributed by atoms with van der Waals surface area (Å²) in [6, 6.07) is 69.8. The predicted octanol–water partition coefficient (Wildman–Crippen LogP) is 15.5. The van der Waals surface area contributed by atoms with Crippen molar-refractivity contribution >= 4 is 70.1 Å². The Morgan fingerprint density at radius 2 is 1.09 bits per heavy atom. The highest BCUT2D eigenvalue weighted by atomic mass is 32.1. The highest BCUT2D eigenvalue weighted by Gasteiger charge is 2.36. The molecule has 55 heavy (non-hydrogen) atoms. The molecule has 9 aromatic carbocycles. The molecule has 1 aliphatic rings. The minimum Gasteiger partial charge on any atom is -0.310 e. The Bertz CT molecular complexity index is 3130. The number of nitrogens with zero attached hydrogens (tertiary/aromatic N) is 1. The first-order valence-corrected chi connectivity index (χ1v) is 19.9. The summed E-state index contributed by atoms with van der Waals surface area (Å²) in [7, 11) is 0. The van der Waals surface area contributed by atoms with E-state index in [1.54, 1.807) is 0 Å². The van der Waals surface area contributed by atoms with E-state index in [-0.39, 0.29) is 5.41 Å². The molecule has 0 saturated carbocycles. The summed E-state index contributed by atoms with van der Waals surface area (Å²) in [4.78, 5) is 2.52. The average molecular weight is 720 g/mol. The predicted molar refractivity (Wildman–Crippen MR) is 237 cm³/mol. The van der Waals surface area contributed by atoms with Crippen LogP contribution >= 0.6 is 11.3 Å². The van der Waals surface area contributed by atoms with Crippen molar-refractivity contribution in [2.24, 2.45) is 0 Å². The topological polar surface area (TPSA) is 3.24 Å². The van der Waals surface area contributed by atoms with Gasteiger partial charge >= 0.3 is 0 Å². The van der Waals surface area contributed by atoms with Crippen LogP contribution in [-0.4, -0.2) is 0 Å². The van der Waals surface area contributed by atoms with Crippen LogP contribution in [0.2, 0.25) is 0 Å². The van der Waals surface area contributed by atoms with Crippen LogP contribution in [0.1, 0.15) is 25.0 Å². The number of rotatable bonds is 5. The smallest absolute Gasteiger partial charge is 0.0547 e. The van der Waals surface area contributed by atoms with E-state index in [1.807, 2.05) is 11.3 Å². The first kappa shape index (κ1) is 32.0. The van der Waals surface area contributed by atoms with Crippen LogP contribution in [0.25, 0.3) is 75.1 Å². The number of anilines is 3. The molecule has 0 saturated heterocycles. The van der Waals surface area contributed by atoms with Crippen LogP contribution in [0.3, 0.4) is 0 Å². The molecule has 10 aromatic rings. The standard InChI is InChI=1S/C53H37NS/c1-53(2)46-25-12-10-23-42(46)43-28-27-38(33-47(43)53)54(37-19-14-18-35(31-37)34-15-4-3-5-16-34)48-29-30-50-52(44-24-11-13-26-49(44)55-50)51(48)45-32-36-17-6-7-20-39(36)40-21-8-9-22-41(40)45/h3-33H,1-2H3. The minimum atomic E-state index is -0.135. The normalized spacial score (nSPS) is 13.1. The molecule has 1 heterocycles. The van der Waals surface area contributed by atoms with Crippen molar-refractivity contribution in [2.75, 3.05) is 4.90 Å². The van der Waals surface area contributed by atoms with Crippen molar-refractivity contribution < 1.29 is 0 Å². The van der Waals surface area contributed by atoms with E-state index in [0.717, 1.165) is 17.1 Å². The van der Waals surface area contributed by atoms with Crippen LogP contribution in [0, 0.1) is 0 Å². The number of benzene rings is 9. The van der Waals surface area contributed by atoms with E-state index in [0.29, 0.717) is 0 Å². The fourth-order valence-corrected chi connectivity index (χ4v) is 10.4. The van der Waals surface area contributed by atoms with E-state index in [9.17, 15) is 0 Å². The molecule has 0 amide bonds. The summed E-state index contributed by atoms with van der Waals surface area (Å²) in [5.41, 5.74) is 13.6. The van der Waals surface area contributed by atoms with Gasteiger partial charge in [-0.15, -0.1) is 11.3 Å². The molecule has 1 aliphatic carbocycles. The third-order valence-corrected chi connectivity index (χ3v) is 13.0. The van der Waals surface area contributed by atoms with E-state index in [1.165, 1.54) is 86.2 Å². The fraction of sp³-hybridized carbons (Fsp3) is 0.0566. The highest BCUT2D eigenvalue weighted by Crippen LogP contribution is 2.54. The van der Waals surface area contributed by atoms with Crippen molar-refractivity contribution in [3.8, 4) is 33.4 Å². The van der Waals surface area contributed by atoms with Gasteiger partial charge in [-0.3, -0.25) is 0 Å². The fourth-order valence-electron chi connectivity index (χ4n) is 9.24. The highest BCUT2D eigenvalue weighted by molar-refractivity contribution is 7.26. The quantitative estimate of drug-likeness (QED) is 0.160.